The van der Waals surface area contributed by atoms with Crippen molar-refractivity contribution in [2.45, 2.75) is 19.3 Å². The number of carbonyl (C=O) groups is 1. The van der Waals surface area contributed by atoms with Gasteiger partial charge >= 0.3 is 0 Å². The number of amides is 1. The standard InChI is InChI=1S/C15H21NO3/c17-10-7-13-6-9-16(12-13)15(18)8-11-19-14-4-2-1-3-5-14/h1-5,13,17H,6-12H2. The molecule has 0 bridgehead atoms. The fourth-order valence-electron chi connectivity index (χ4n) is 2.41. The minimum absolute atomic E-state index is 0.149. The van der Waals surface area contributed by atoms with E-state index in [2.05, 4.69) is 0 Å². The van der Waals surface area contributed by atoms with Gasteiger partial charge in [-0.25, -0.2) is 0 Å². The third-order valence-corrected chi connectivity index (χ3v) is 3.50. The maximum absolute atomic E-state index is 12.0. The van der Waals surface area contributed by atoms with Crippen molar-refractivity contribution in [1.82, 2.24) is 4.90 Å². The molecular formula is C15H21NO3. The van der Waals surface area contributed by atoms with E-state index in [0.29, 0.717) is 18.9 Å². The van der Waals surface area contributed by atoms with Crippen molar-refractivity contribution in [1.29, 1.82) is 0 Å². The van der Waals surface area contributed by atoms with Crippen molar-refractivity contribution in [2.24, 2.45) is 5.92 Å². The van der Waals surface area contributed by atoms with Crippen LogP contribution in [-0.2, 0) is 4.79 Å². The van der Waals surface area contributed by atoms with Gasteiger partial charge in [-0.3, -0.25) is 4.79 Å². The van der Waals surface area contributed by atoms with E-state index in [1.54, 1.807) is 0 Å². The van der Waals surface area contributed by atoms with Gasteiger partial charge in [0.2, 0.25) is 5.91 Å². The van der Waals surface area contributed by atoms with Crippen LogP contribution >= 0.6 is 0 Å². The van der Waals surface area contributed by atoms with E-state index >= 15 is 0 Å². The zero-order chi connectivity index (χ0) is 13.5. The Morgan fingerprint density at radius 3 is 2.89 bits per heavy atom. The second-order valence-electron chi connectivity index (χ2n) is 4.92. The van der Waals surface area contributed by atoms with Crippen LogP contribution in [0.5, 0.6) is 5.75 Å². The van der Waals surface area contributed by atoms with Crippen molar-refractivity contribution in [2.75, 3.05) is 26.3 Å². The van der Waals surface area contributed by atoms with Crippen LogP contribution in [0.3, 0.4) is 0 Å². The topological polar surface area (TPSA) is 49.8 Å². The quantitative estimate of drug-likeness (QED) is 0.849. The number of para-hydroxylation sites is 1. The first kappa shape index (κ1) is 13.9. The molecule has 1 aromatic rings. The Hall–Kier alpha value is -1.55. The molecule has 0 aromatic heterocycles. The molecule has 19 heavy (non-hydrogen) atoms. The molecule has 104 valence electrons. The minimum Gasteiger partial charge on any atom is -0.493 e. The molecule has 1 amide bonds. The van der Waals surface area contributed by atoms with Crippen LogP contribution in [-0.4, -0.2) is 42.2 Å². The second-order valence-corrected chi connectivity index (χ2v) is 4.92. The molecule has 4 nitrogen and oxygen atoms in total. The van der Waals surface area contributed by atoms with E-state index < -0.39 is 0 Å². The van der Waals surface area contributed by atoms with Gasteiger partial charge in [-0.05, 0) is 30.9 Å². The predicted octanol–water partition coefficient (Wildman–Crippen LogP) is 1.69. The van der Waals surface area contributed by atoms with Gasteiger partial charge in [-0.1, -0.05) is 18.2 Å². The molecule has 0 aliphatic carbocycles. The molecule has 1 atom stereocenters. The average molecular weight is 263 g/mol. The molecule has 1 saturated heterocycles. The maximum atomic E-state index is 12.0. The molecule has 0 radical (unpaired) electrons. The molecule has 2 rings (SSSR count). The van der Waals surface area contributed by atoms with Gasteiger partial charge in [0.15, 0.2) is 0 Å². The third kappa shape index (κ3) is 4.24. The number of nitrogens with zero attached hydrogens (tertiary/aromatic N) is 1. The number of likely N-dealkylation sites (tertiary alicyclic amines) is 1. The van der Waals surface area contributed by atoms with Crippen molar-refractivity contribution in [3.8, 4) is 5.75 Å². The molecule has 1 N–H and O–H groups in total. The Balaban J connectivity index is 1.68. The number of hydrogen-bond donors (Lipinski definition) is 1. The number of hydrogen-bond acceptors (Lipinski definition) is 3. The number of aliphatic hydroxyl groups is 1. The lowest BCUT2D eigenvalue weighted by atomic mass is 10.1. The Labute approximate surface area is 114 Å². The van der Waals surface area contributed by atoms with Crippen molar-refractivity contribution in [3.63, 3.8) is 0 Å². The first-order valence-corrected chi connectivity index (χ1v) is 6.86. The number of aliphatic hydroxyl groups excluding tert-OH is 1. The molecule has 1 aromatic carbocycles. The summed E-state index contributed by atoms with van der Waals surface area (Å²) in [7, 11) is 0. The van der Waals surface area contributed by atoms with Crippen LogP contribution < -0.4 is 4.74 Å². The summed E-state index contributed by atoms with van der Waals surface area (Å²) in [5.41, 5.74) is 0. The largest absolute Gasteiger partial charge is 0.493 e. The summed E-state index contributed by atoms with van der Waals surface area (Å²) in [5, 5.41) is 8.90. The highest BCUT2D eigenvalue weighted by molar-refractivity contribution is 5.76. The summed E-state index contributed by atoms with van der Waals surface area (Å²) in [6.45, 7) is 2.23. The Morgan fingerprint density at radius 1 is 1.37 bits per heavy atom. The second kappa shape index (κ2) is 7.14. The average Bonchev–Trinajstić information content (AvgIpc) is 2.89. The minimum atomic E-state index is 0.149. The first-order chi connectivity index (χ1) is 9.29. The molecule has 1 aliphatic rings. The van der Waals surface area contributed by atoms with Gasteiger partial charge in [0.1, 0.15) is 5.75 Å². The zero-order valence-electron chi connectivity index (χ0n) is 11.1. The first-order valence-electron chi connectivity index (χ1n) is 6.86. The Morgan fingerprint density at radius 2 is 2.16 bits per heavy atom. The number of ether oxygens (including phenoxy) is 1. The lowest BCUT2D eigenvalue weighted by Gasteiger charge is -2.16. The highest BCUT2D eigenvalue weighted by Gasteiger charge is 2.25. The molecule has 1 fully saturated rings. The molecule has 4 heteroatoms. The van der Waals surface area contributed by atoms with Gasteiger partial charge in [-0.2, -0.15) is 0 Å². The smallest absolute Gasteiger partial charge is 0.226 e. The van der Waals surface area contributed by atoms with Gasteiger partial charge in [-0.15, -0.1) is 0 Å². The SMILES string of the molecule is O=C(CCOc1ccccc1)N1CCC(CCO)C1. The maximum Gasteiger partial charge on any atom is 0.226 e. The van der Waals surface area contributed by atoms with Crippen LogP contribution in [0.15, 0.2) is 30.3 Å². The van der Waals surface area contributed by atoms with Gasteiger partial charge in [0.25, 0.3) is 0 Å². The van der Waals surface area contributed by atoms with Crippen molar-refractivity contribution >= 4 is 5.91 Å². The van der Waals surface area contributed by atoms with E-state index in [9.17, 15) is 4.79 Å². The predicted molar refractivity (Wildman–Crippen MR) is 72.9 cm³/mol. The van der Waals surface area contributed by atoms with Crippen molar-refractivity contribution in [3.05, 3.63) is 30.3 Å². The highest BCUT2D eigenvalue weighted by atomic mass is 16.5. The molecule has 1 aliphatic heterocycles. The lowest BCUT2D eigenvalue weighted by molar-refractivity contribution is -0.130. The summed E-state index contributed by atoms with van der Waals surface area (Å²) in [6, 6.07) is 9.53. The third-order valence-electron chi connectivity index (χ3n) is 3.50. The van der Waals surface area contributed by atoms with E-state index in [0.717, 1.165) is 31.7 Å². The summed E-state index contributed by atoms with van der Waals surface area (Å²) >= 11 is 0. The molecule has 0 saturated carbocycles. The van der Waals surface area contributed by atoms with Gasteiger partial charge < -0.3 is 14.7 Å². The zero-order valence-corrected chi connectivity index (χ0v) is 11.1. The van der Waals surface area contributed by atoms with Crippen LogP contribution in [0.25, 0.3) is 0 Å². The van der Waals surface area contributed by atoms with Crippen LogP contribution in [0.2, 0.25) is 0 Å². The van der Waals surface area contributed by atoms with E-state index in [1.165, 1.54) is 0 Å². The number of rotatable bonds is 6. The van der Waals surface area contributed by atoms with Gasteiger partial charge in [0.05, 0.1) is 13.0 Å². The molecule has 1 heterocycles. The summed E-state index contributed by atoms with van der Waals surface area (Å²) in [6.07, 6.45) is 2.22. The van der Waals surface area contributed by atoms with Crippen LogP contribution in [0.1, 0.15) is 19.3 Å². The summed E-state index contributed by atoms with van der Waals surface area (Å²) in [4.78, 5) is 13.9. The van der Waals surface area contributed by atoms with E-state index in [-0.39, 0.29) is 12.5 Å². The van der Waals surface area contributed by atoms with E-state index in [1.807, 2.05) is 35.2 Å². The monoisotopic (exact) mass is 263 g/mol. The lowest BCUT2D eigenvalue weighted by Crippen LogP contribution is -2.29. The summed E-state index contributed by atoms with van der Waals surface area (Å²) in [5.74, 6) is 1.41. The molecular weight excluding hydrogens is 242 g/mol. The van der Waals surface area contributed by atoms with Crippen molar-refractivity contribution < 1.29 is 14.6 Å². The number of benzene rings is 1. The molecule has 0 spiro atoms. The Bertz CT molecular complexity index is 394. The highest BCUT2D eigenvalue weighted by Crippen LogP contribution is 2.19. The van der Waals surface area contributed by atoms with Crippen LogP contribution in [0, 0.1) is 5.92 Å². The van der Waals surface area contributed by atoms with Gasteiger partial charge in [0, 0.05) is 19.7 Å². The van der Waals surface area contributed by atoms with Crippen LogP contribution in [0.4, 0.5) is 0 Å². The summed E-state index contributed by atoms with van der Waals surface area (Å²) < 4.78 is 5.52. The fourth-order valence-corrected chi connectivity index (χ4v) is 2.41. The fraction of sp³-hybridized carbons (Fsp3) is 0.533. The Kier molecular flexibility index (Phi) is 5.21. The molecule has 1 unspecified atom stereocenters. The number of carbonyl (C=O) groups excluding carboxylic acids is 1. The van der Waals surface area contributed by atoms with E-state index in [4.69, 9.17) is 9.84 Å². The normalized spacial score (nSPS) is 18.6.